The molecule has 0 bridgehead atoms. The van der Waals surface area contributed by atoms with Crippen LogP contribution >= 0.6 is 0 Å². The predicted octanol–water partition coefficient (Wildman–Crippen LogP) is 4.24. The number of hydrogen-bond acceptors (Lipinski definition) is 3. The number of benzene rings is 1. The van der Waals surface area contributed by atoms with Crippen LogP contribution in [0.3, 0.4) is 0 Å². The van der Waals surface area contributed by atoms with Crippen molar-refractivity contribution in [1.29, 1.82) is 0 Å². The van der Waals surface area contributed by atoms with Crippen LogP contribution in [-0.2, 0) is 19.3 Å². The molecule has 2 heterocycles. The highest BCUT2D eigenvalue weighted by atomic mass is 16.1. The third kappa shape index (κ3) is 4.04. The van der Waals surface area contributed by atoms with E-state index >= 15 is 0 Å². The van der Waals surface area contributed by atoms with Crippen LogP contribution < -0.4 is 0 Å². The van der Waals surface area contributed by atoms with Crippen molar-refractivity contribution in [2.24, 2.45) is 0 Å². The number of fused-ring (bicyclic) bond motifs is 1. The van der Waals surface area contributed by atoms with E-state index in [1.807, 2.05) is 12.1 Å². The smallest absolute Gasteiger partial charge is 0.164 e. The number of ketones is 1. The Bertz CT molecular complexity index is 752. The molecule has 0 atom stereocenters. The van der Waals surface area contributed by atoms with Gasteiger partial charge in [-0.2, -0.15) is 0 Å². The zero-order chi connectivity index (χ0) is 17.8. The lowest BCUT2D eigenvalue weighted by Crippen LogP contribution is -2.41. The number of pyridine rings is 1. The van der Waals surface area contributed by atoms with Crippen LogP contribution in [0.4, 0.5) is 0 Å². The maximum absolute atomic E-state index is 12.2. The van der Waals surface area contributed by atoms with Crippen molar-refractivity contribution in [2.45, 2.75) is 57.4 Å². The van der Waals surface area contributed by atoms with Crippen LogP contribution in [0, 0.1) is 0 Å². The minimum Gasteiger partial charge on any atom is -0.300 e. The fourth-order valence-corrected chi connectivity index (χ4v) is 4.19. The van der Waals surface area contributed by atoms with Crippen molar-refractivity contribution < 1.29 is 4.79 Å². The molecule has 3 nitrogen and oxygen atoms in total. The Hall–Kier alpha value is -2.00. The van der Waals surface area contributed by atoms with Gasteiger partial charge in [-0.25, -0.2) is 0 Å². The molecule has 1 aliphatic carbocycles. The molecule has 4 rings (SSSR count). The lowest BCUT2D eigenvalue weighted by atomic mass is 9.91. The lowest BCUT2D eigenvalue weighted by molar-refractivity contribution is 0.0980. The van der Waals surface area contributed by atoms with Crippen molar-refractivity contribution in [2.75, 3.05) is 13.1 Å². The fraction of sp³-hybridized carbons (Fsp3) is 0.478. The van der Waals surface area contributed by atoms with Gasteiger partial charge >= 0.3 is 0 Å². The highest BCUT2D eigenvalue weighted by molar-refractivity contribution is 5.95. The molecule has 0 N–H and O–H groups in total. The van der Waals surface area contributed by atoms with E-state index in [0.717, 1.165) is 24.4 Å². The standard InChI is InChI=1S/C23H28N2O/c26-23(21-5-3-13-24-17-21)8-1-4-18-9-10-19-11-14-25(22-6-2-7-22)15-12-20(19)16-18/h3,5,9-10,13,16-17,22H,1-2,4,6-8,11-12,14-15H2. The Labute approximate surface area is 156 Å². The van der Waals surface area contributed by atoms with E-state index in [1.165, 1.54) is 61.9 Å². The van der Waals surface area contributed by atoms with Gasteiger partial charge in [-0.05, 0) is 67.3 Å². The number of aromatic nitrogens is 1. The van der Waals surface area contributed by atoms with Crippen LogP contribution in [0.5, 0.6) is 0 Å². The largest absolute Gasteiger partial charge is 0.300 e. The van der Waals surface area contributed by atoms with Crippen LogP contribution in [0.25, 0.3) is 0 Å². The highest BCUT2D eigenvalue weighted by Crippen LogP contribution is 2.27. The third-order valence-electron chi connectivity index (χ3n) is 6.05. The molecular weight excluding hydrogens is 320 g/mol. The van der Waals surface area contributed by atoms with E-state index in [1.54, 1.807) is 12.4 Å². The topological polar surface area (TPSA) is 33.2 Å². The summed E-state index contributed by atoms with van der Waals surface area (Å²) in [6, 6.07) is 11.5. The first kappa shape index (κ1) is 17.4. The van der Waals surface area contributed by atoms with E-state index in [-0.39, 0.29) is 5.78 Å². The van der Waals surface area contributed by atoms with Crippen LogP contribution in [0.1, 0.15) is 59.2 Å². The number of Topliss-reactive ketones (excluding diaryl/α,β-unsaturated/α-hetero) is 1. The Morgan fingerprint density at radius 1 is 1.12 bits per heavy atom. The molecule has 1 aromatic heterocycles. The Morgan fingerprint density at radius 3 is 2.69 bits per heavy atom. The predicted molar refractivity (Wildman–Crippen MR) is 105 cm³/mol. The summed E-state index contributed by atoms with van der Waals surface area (Å²) in [6.45, 7) is 2.43. The first-order chi connectivity index (χ1) is 12.8. The van der Waals surface area contributed by atoms with Crippen molar-refractivity contribution in [1.82, 2.24) is 9.88 Å². The second kappa shape index (κ2) is 8.13. The molecule has 3 heteroatoms. The fourth-order valence-electron chi connectivity index (χ4n) is 4.19. The molecular formula is C23H28N2O. The van der Waals surface area contributed by atoms with Crippen LogP contribution in [-0.4, -0.2) is 34.8 Å². The van der Waals surface area contributed by atoms with Crippen molar-refractivity contribution in [3.8, 4) is 0 Å². The maximum Gasteiger partial charge on any atom is 0.164 e. The van der Waals surface area contributed by atoms with Gasteiger partial charge in [0.25, 0.3) is 0 Å². The normalized spacial score (nSPS) is 18.0. The van der Waals surface area contributed by atoms with Crippen molar-refractivity contribution in [3.63, 3.8) is 0 Å². The summed E-state index contributed by atoms with van der Waals surface area (Å²) >= 11 is 0. The Morgan fingerprint density at radius 2 is 1.96 bits per heavy atom. The first-order valence-corrected chi connectivity index (χ1v) is 10.1. The van der Waals surface area contributed by atoms with E-state index in [2.05, 4.69) is 28.1 Å². The van der Waals surface area contributed by atoms with Gasteiger partial charge in [-0.15, -0.1) is 0 Å². The van der Waals surface area contributed by atoms with Crippen molar-refractivity contribution >= 4 is 5.78 Å². The minimum absolute atomic E-state index is 0.198. The van der Waals surface area contributed by atoms with Gasteiger partial charge in [0.15, 0.2) is 5.78 Å². The molecule has 2 aromatic rings. The summed E-state index contributed by atoms with van der Waals surface area (Å²) in [5, 5.41) is 0. The quantitative estimate of drug-likeness (QED) is 0.732. The van der Waals surface area contributed by atoms with Crippen LogP contribution in [0.2, 0.25) is 0 Å². The summed E-state index contributed by atoms with van der Waals surface area (Å²) in [6.07, 6.45) is 12.4. The molecule has 1 aliphatic heterocycles. The number of carbonyl (C=O) groups excluding carboxylic acids is 1. The number of hydrogen-bond donors (Lipinski definition) is 0. The van der Waals surface area contributed by atoms with Gasteiger partial charge in [0, 0.05) is 43.5 Å². The summed E-state index contributed by atoms with van der Waals surface area (Å²) in [5.41, 5.74) is 5.16. The zero-order valence-corrected chi connectivity index (χ0v) is 15.5. The minimum atomic E-state index is 0.198. The summed E-state index contributed by atoms with van der Waals surface area (Å²) in [5.74, 6) is 0.198. The van der Waals surface area contributed by atoms with Crippen LogP contribution in [0.15, 0.2) is 42.7 Å². The molecule has 1 fully saturated rings. The SMILES string of the molecule is O=C(CCCc1ccc2c(c1)CCN(C1CCC1)CC2)c1cccnc1. The molecule has 1 aromatic carbocycles. The molecule has 0 saturated heterocycles. The number of aryl methyl sites for hydroxylation is 1. The average molecular weight is 348 g/mol. The van der Waals surface area contributed by atoms with E-state index in [9.17, 15) is 4.79 Å². The molecule has 136 valence electrons. The lowest BCUT2D eigenvalue weighted by Gasteiger charge is -2.36. The zero-order valence-electron chi connectivity index (χ0n) is 15.5. The van der Waals surface area contributed by atoms with Gasteiger partial charge in [-0.1, -0.05) is 24.6 Å². The number of carbonyl (C=O) groups is 1. The Balaban J connectivity index is 1.31. The molecule has 0 radical (unpaired) electrons. The van der Waals surface area contributed by atoms with E-state index in [0.29, 0.717) is 6.42 Å². The van der Waals surface area contributed by atoms with Gasteiger partial charge in [0.05, 0.1) is 0 Å². The van der Waals surface area contributed by atoms with E-state index in [4.69, 9.17) is 0 Å². The van der Waals surface area contributed by atoms with Gasteiger partial charge in [-0.3, -0.25) is 14.7 Å². The highest BCUT2D eigenvalue weighted by Gasteiger charge is 2.26. The summed E-state index contributed by atoms with van der Waals surface area (Å²) in [7, 11) is 0. The molecule has 0 amide bonds. The third-order valence-corrected chi connectivity index (χ3v) is 6.05. The van der Waals surface area contributed by atoms with Crippen molar-refractivity contribution in [3.05, 3.63) is 65.0 Å². The molecule has 26 heavy (non-hydrogen) atoms. The molecule has 0 spiro atoms. The second-order valence-electron chi connectivity index (χ2n) is 7.74. The van der Waals surface area contributed by atoms with Gasteiger partial charge < -0.3 is 0 Å². The van der Waals surface area contributed by atoms with E-state index < -0.39 is 0 Å². The number of rotatable bonds is 6. The average Bonchev–Trinajstić information content (AvgIpc) is 2.84. The Kier molecular flexibility index (Phi) is 5.45. The summed E-state index contributed by atoms with van der Waals surface area (Å²) < 4.78 is 0. The molecule has 2 aliphatic rings. The molecule has 0 unspecified atom stereocenters. The van der Waals surface area contributed by atoms with Gasteiger partial charge in [0.1, 0.15) is 0 Å². The van der Waals surface area contributed by atoms with Gasteiger partial charge in [0.2, 0.25) is 0 Å². The second-order valence-corrected chi connectivity index (χ2v) is 7.74. The first-order valence-electron chi connectivity index (χ1n) is 10.1. The molecule has 1 saturated carbocycles. The monoisotopic (exact) mass is 348 g/mol. The summed E-state index contributed by atoms with van der Waals surface area (Å²) in [4.78, 5) is 18.9. The maximum atomic E-state index is 12.2. The number of nitrogens with zero attached hydrogens (tertiary/aromatic N) is 2.